The minimum atomic E-state index is -0.345. The molecule has 18 heavy (non-hydrogen) atoms. The van der Waals surface area contributed by atoms with Crippen molar-refractivity contribution in [2.75, 3.05) is 13.2 Å². The first-order chi connectivity index (χ1) is 8.65. The van der Waals surface area contributed by atoms with E-state index in [2.05, 4.69) is 0 Å². The van der Waals surface area contributed by atoms with Gasteiger partial charge in [-0.15, -0.1) is 0 Å². The number of nitrogens with two attached hydrogens (primary N) is 1. The van der Waals surface area contributed by atoms with E-state index in [4.69, 9.17) is 15.2 Å². The molecule has 1 aromatic carbocycles. The number of ether oxygens (including phenoxy) is 2. The lowest BCUT2D eigenvalue weighted by Gasteiger charge is -2.13. The van der Waals surface area contributed by atoms with Crippen LogP contribution in [-0.4, -0.2) is 19.2 Å². The van der Waals surface area contributed by atoms with Gasteiger partial charge in [-0.25, -0.2) is 4.79 Å². The lowest BCUT2D eigenvalue weighted by atomic mass is 10.1. The molecule has 1 rings (SSSR count). The molecular weight excluding hydrogens is 230 g/mol. The maximum Gasteiger partial charge on any atom is 0.344 e. The first kappa shape index (κ1) is 14.5. The maximum atomic E-state index is 11.4. The van der Waals surface area contributed by atoms with E-state index in [-0.39, 0.29) is 18.6 Å². The monoisotopic (exact) mass is 251 g/mol. The van der Waals surface area contributed by atoms with Crippen LogP contribution < -0.4 is 10.5 Å². The number of rotatable bonds is 7. The van der Waals surface area contributed by atoms with Crippen LogP contribution in [0.4, 0.5) is 0 Å². The molecule has 0 saturated heterocycles. The summed E-state index contributed by atoms with van der Waals surface area (Å²) in [4.78, 5) is 11.4. The van der Waals surface area contributed by atoms with Crippen LogP contribution in [0.3, 0.4) is 0 Å². The number of hydrogen-bond acceptors (Lipinski definition) is 4. The first-order valence-corrected chi connectivity index (χ1v) is 6.28. The molecule has 0 radical (unpaired) electrons. The molecule has 4 nitrogen and oxygen atoms in total. The van der Waals surface area contributed by atoms with Crippen LogP contribution in [-0.2, 0) is 9.53 Å². The van der Waals surface area contributed by atoms with Gasteiger partial charge in [0.05, 0.1) is 6.61 Å². The molecule has 1 atom stereocenters. The van der Waals surface area contributed by atoms with Crippen LogP contribution in [0.2, 0.25) is 0 Å². The Morgan fingerprint density at radius 3 is 2.78 bits per heavy atom. The fourth-order valence-electron chi connectivity index (χ4n) is 1.50. The molecule has 4 heteroatoms. The van der Waals surface area contributed by atoms with Crippen molar-refractivity contribution in [1.82, 2.24) is 0 Å². The van der Waals surface area contributed by atoms with Crippen LogP contribution in [0.5, 0.6) is 5.75 Å². The van der Waals surface area contributed by atoms with Gasteiger partial charge in [0.15, 0.2) is 6.61 Å². The van der Waals surface area contributed by atoms with Crippen molar-refractivity contribution in [1.29, 1.82) is 0 Å². The number of carbonyl (C=O) groups excluding carboxylic acids is 1. The molecule has 0 bridgehead atoms. The van der Waals surface area contributed by atoms with Crippen molar-refractivity contribution >= 4 is 5.97 Å². The van der Waals surface area contributed by atoms with Crippen LogP contribution in [0.15, 0.2) is 24.3 Å². The van der Waals surface area contributed by atoms with Crippen molar-refractivity contribution < 1.29 is 14.3 Å². The molecule has 0 aliphatic rings. The molecule has 0 amide bonds. The highest BCUT2D eigenvalue weighted by Gasteiger charge is 2.09. The molecule has 0 aliphatic carbocycles. The van der Waals surface area contributed by atoms with Gasteiger partial charge in [0.1, 0.15) is 5.75 Å². The Morgan fingerprint density at radius 1 is 1.39 bits per heavy atom. The average Bonchev–Trinajstić information content (AvgIpc) is 2.37. The minimum Gasteiger partial charge on any atom is -0.482 e. The maximum absolute atomic E-state index is 11.4. The second-order valence-electron chi connectivity index (χ2n) is 4.19. The van der Waals surface area contributed by atoms with Crippen molar-refractivity contribution in [3.8, 4) is 5.75 Å². The third-order valence-electron chi connectivity index (χ3n) is 2.52. The smallest absolute Gasteiger partial charge is 0.344 e. The molecule has 1 aromatic rings. The Bertz CT molecular complexity index is 377. The average molecular weight is 251 g/mol. The van der Waals surface area contributed by atoms with Crippen LogP contribution in [0.25, 0.3) is 0 Å². The summed E-state index contributed by atoms with van der Waals surface area (Å²) in [5, 5.41) is 0. The number of para-hydroxylation sites is 1. The van der Waals surface area contributed by atoms with Gasteiger partial charge in [-0.1, -0.05) is 31.5 Å². The number of carbonyl (C=O) groups is 1. The number of unbranched alkanes of at least 4 members (excludes halogenated alkanes) is 1. The molecule has 0 aromatic heterocycles. The van der Waals surface area contributed by atoms with Gasteiger partial charge in [-0.2, -0.15) is 0 Å². The predicted molar refractivity (Wildman–Crippen MR) is 70.4 cm³/mol. The quantitative estimate of drug-likeness (QED) is 0.597. The Balaban J connectivity index is 2.45. The lowest BCUT2D eigenvalue weighted by Crippen LogP contribution is -2.17. The number of esters is 1. The third-order valence-corrected chi connectivity index (χ3v) is 2.52. The van der Waals surface area contributed by atoms with E-state index < -0.39 is 0 Å². The molecule has 0 aliphatic heterocycles. The van der Waals surface area contributed by atoms with Crippen LogP contribution >= 0.6 is 0 Å². The van der Waals surface area contributed by atoms with Gasteiger partial charge >= 0.3 is 5.97 Å². The van der Waals surface area contributed by atoms with E-state index in [9.17, 15) is 4.79 Å². The highest BCUT2D eigenvalue weighted by Crippen LogP contribution is 2.22. The molecule has 100 valence electrons. The number of benzene rings is 1. The van der Waals surface area contributed by atoms with E-state index in [1.165, 1.54) is 0 Å². The van der Waals surface area contributed by atoms with Gasteiger partial charge in [0.2, 0.25) is 0 Å². The van der Waals surface area contributed by atoms with Gasteiger partial charge in [0, 0.05) is 11.6 Å². The zero-order valence-electron chi connectivity index (χ0n) is 11.0. The van der Waals surface area contributed by atoms with Crippen molar-refractivity contribution in [2.45, 2.75) is 32.7 Å². The standard InChI is InChI=1S/C14H21NO3/c1-3-4-9-17-14(16)10-18-13-8-6-5-7-12(13)11(2)15/h5-8,11H,3-4,9-10,15H2,1-2H3/t11-/m0/s1. The fraction of sp³-hybridized carbons (Fsp3) is 0.500. The number of hydrogen-bond donors (Lipinski definition) is 1. The van der Waals surface area contributed by atoms with Gasteiger partial charge in [-0.05, 0) is 19.4 Å². The Morgan fingerprint density at radius 2 is 2.11 bits per heavy atom. The fourth-order valence-corrected chi connectivity index (χ4v) is 1.50. The third kappa shape index (κ3) is 4.75. The molecule has 0 fully saturated rings. The summed E-state index contributed by atoms with van der Waals surface area (Å²) in [6.07, 6.45) is 1.88. The second-order valence-corrected chi connectivity index (χ2v) is 4.19. The molecule has 0 spiro atoms. The second kappa shape index (κ2) is 7.71. The Hall–Kier alpha value is -1.55. The summed E-state index contributed by atoms with van der Waals surface area (Å²) in [5.41, 5.74) is 6.71. The summed E-state index contributed by atoms with van der Waals surface area (Å²) in [5.74, 6) is 0.294. The minimum absolute atomic E-state index is 0.0759. The first-order valence-electron chi connectivity index (χ1n) is 6.28. The molecule has 2 N–H and O–H groups in total. The van der Waals surface area contributed by atoms with Gasteiger partial charge in [-0.3, -0.25) is 0 Å². The highest BCUT2D eigenvalue weighted by atomic mass is 16.6. The predicted octanol–water partition coefficient (Wildman–Crippen LogP) is 2.43. The Labute approximate surface area is 108 Å². The molecule has 0 saturated carbocycles. The molecule has 0 unspecified atom stereocenters. The summed E-state index contributed by atoms with van der Waals surface area (Å²) < 4.78 is 10.4. The van der Waals surface area contributed by atoms with E-state index in [0.717, 1.165) is 18.4 Å². The summed E-state index contributed by atoms with van der Waals surface area (Å²) in [7, 11) is 0. The summed E-state index contributed by atoms with van der Waals surface area (Å²) >= 11 is 0. The summed E-state index contributed by atoms with van der Waals surface area (Å²) in [6, 6.07) is 7.31. The lowest BCUT2D eigenvalue weighted by molar-refractivity contribution is -0.146. The largest absolute Gasteiger partial charge is 0.482 e. The topological polar surface area (TPSA) is 61.5 Å². The van der Waals surface area contributed by atoms with Crippen molar-refractivity contribution in [2.24, 2.45) is 5.73 Å². The van der Waals surface area contributed by atoms with Crippen molar-refractivity contribution in [3.63, 3.8) is 0 Å². The van der Waals surface area contributed by atoms with E-state index in [1.807, 2.05) is 32.0 Å². The summed E-state index contributed by atoms with van der Waals surface area (Å²) in [6.45, 7) is 4.30. The van der Waals surface area contributed by atoms with Crippen molar-refractivity contribution in [3.05, 3.63) is 29.8 Å². The van der Waals surface area contributed by atoms with E-state index >= 15 is 0 Å². The van der Waals surface area contributed by atoms with Gasteiger partial charge < -0.3 is 15.2 Å². The molecular formula is C14H21NO3. The zero-order valence-corrected chi connectivity index (χ0v) is 11.0. The van der Waals surface area contributed by atoms with Crippen LogP contribution in [0.1, 0.15) is 38.3 Å². The van der Waals surface area contributed by atoms with Gasteiger partial charge in [0.25, 0.3) is 0 Å². The SMILES string of the molecule is CCCCOC(=O)COc1ccccc1[C@H](C)N. The normalized spacial score (nSPS) is 11.9. The van der Waals surface area contributed by atoms with Crippen LogP contribution in [0, 0.1) is 0 Å². The highest BCUT2D eigenvalue weighted by molar-refractivity contribution is 5.71. The Kier molecular flexibility index (Phi) is 6.22. The molecule has 0 heterocycles. The zero-order chi connectivity index (χ0) is 13.4. The van der Waals surface area contributed by atoms with E-state index in [0.29, 0.717) is 12.4 Å². The van der Waals surface area contributed by atoms with E-state index in [1.54, 1.807) is 6.07 Å².